The van der Waals surface area contributed by atoms with E-state index in [0.29, 0.717) is 31.7 Å². The van der Waals surface area contributed by atoms with Gasteiger partial charge < -0.3 is 10.1 Å². The van der Waals surface area contributed by atoms with E-state index in [9.17, 15) is 10.0 Å². The van der Waals surface area contributed by atoms with Gasteiger partial charge in [0, 0.05) is 22.9 Å². The molecule has 1 saturated heterocycles. The van der Waals surface area contributed by atoms with Crippen LogP contribution in [0.15, 0.2) is 47.3 Å². The Morgan fingerprint density at radius 3 is 2.68 bits per heavy atom. The Kier molecular flexibility index (Phi) is 4.24. The highest BCUT2D eigenvalue weighted by Gasteiger charge is 2.28. The van der Waals surface area contributed by atoms with Crippen LogP contribution in [0.25, 0.3) is 0 Å². The highest BCUT2D eigenvalue weighted by atomic mass is 79.9. The number of piperazine rings is 1. The van der Waals surface area contributed by atoms with Crippen molar-refractivity contribution in [3.05, 3.63) is 52.9 Å². The minimum absolute atomic E-state index is 0.0154. The van der Waals surface area contributed by atoms with Crippen LogP contribution in [0.2, 0.25) is 0 Å². The van der Waals surface area contributed by atoms with Crippen molar-refractivity contribution in [2.45, 2.75) is 0 Å². The number of amides is 1. The molecule has 1 N–H and O–H groups in total. The zero-order chi connectivity index (χ0) is 15.5. The van der Waals surface area contributed by atoms with Crippen LogP contribution in [0.3, 0.4) is 0 Å². The molecule has 0 radical (unpaired) electrons. The van der Waals surface area contributed by atoms with E-state index in [1.54, 1.807) is 30.7 Å². The van der Waals surface area contributed by atoms with Crippen LogP contribution in [0.4, 0.5) is 5.82 Å². The van der Waals surface area contributed by atoms with Gasteiger partial charge in [0.1, 0.15) is 19.3 Å². The minimum atomic E-state index is -0.0154. The third-order valence-corrected chi connectivity index (χ3v) is 4.09. The van der Waals surface area contributed by atoms with Crippen LogP contribution in [0.5, 0.6) is 0 Å². The summed E-state index contributed by atoms with van der Waals surface area (Å²) in [5, 5.41) is 9.83. The lowest BCUT2D eigenvalue weighted by Crippen LogP contribution is -2.52. The Labute approximate surface area is 136 Å². The Morgan fingerprint density at radius 2 is 2.00 bits per heavy atom. The Bertz CT molecular complexity index is 687. The van der Waals surface area contributed by atoms with E-state index in [1.165, 1.54) is 0 Å². The fourth-order valence-electron chi connectivity index (χ4n) is 2.53. The van der Waals surface area contributed by atoms with E-state index >= 15 is 0 Å². The summed E-state index contributed by atoms with van der Waals surface area (Å²) < 4.78 is 1.90. The molecule has 0 aliphatic carbocycles. The predicted molar refractivity (Wildman–Crippen MR) is 83.9 cm³/mol. The molecular formula is C15H16BrN4O2+. The van der Waals surface area contributed by atoms with Gasteiger partial charge in [-0.3, -0.25) is 14.7 Å². The van der Waals surface area contributed by atoms with Crippen molar-refractivity contribution in [2.24, 2.45) is 0 Å². The van der Waals surface area contributed by atoms with Crippen LogP contribution in [-0.4, -0.2) is 47.2 Å². The topological polar surface area (TPSA) is 60.6 Å². The van der Waals surface area contributed by atoms with Crippen LogP contribution >= 0.6 is 15.9 Å². The number of carbonyl (C=O) groups is 1. The summed E-state index contributed by atoms with van der Waals surface area (Å²) in [7, 11) is 0. The average Bonchev–Trinajstić information content (AvgIpc) is 2.55. The number of aromatic nitrogens is 2. The third-order valence-electron chi connectivity index (χ3n) is 3.66. The number of rotatable bonds is 2. The van der Waals surface area contributed by atoms with E-state index in [4.69, 9.17) is 0 Å². The first-order valence-electron chi connectivity index (χ1n) is 7.00. The number of hydrogen-bond donors (Lipinski definition) is 1. The van der Waals surface area contributed by atoms with E-state index in [0.717, 1.165) is 15.0 Å². The van der Waals surface area contributed by atoms with E-state index < -0.39 is 0 Å². The number of pyridine rings is 2. The number of halogens is 1. The molecule has 0 saturated carbocycles. The molecule has 0 unspecified atom stereocenters. The zero-order valence-corrected chi connectivity index (χ0v) is 13.5. The summed E-state index contributed by atoms with van der Waals surface area (Å²) in [6.45, 7) is 2.58. The highest BCUT2D eigenvalue weighted by Crippen LogP contribution is 2.15. The normalized spacial score (nSPS) is 15.0. The molecule has 0 aromatic carbocycles. The molecule has 0 atom stereocenters. The maximum Gasteiger partial charge on any atom is 0.316 e. The van der Waals surface area contributed by atoms with Gasteiger partial charge in [-0.25, -0.2) is 0 Å². The molecular weight excluding hydrogens is 348 g/mol. The van der Waals surface area contributed by atoms with Crippen molar-refractivity contribution in [3.8, 4) is 0 Å². The molecule has 1 amide bonds. The molecule has 1 aliphatic rings. The monoisotopic (exact) mass is 363 g/mol. The fraction of sp³-hybridized carbons (Fsp3) is 0.267. The van der Waals surface area contributed by atoms with Crippen molar-refractivity contribution >= 4 is 27.7 Å². The Morgan fingerprint density at radius 1 is 1.23 bits per heavy atom. The second-order valence-electron chi connectivity index (χ2n) is 5.07. The van der Waals surface area contributed by atoms with Gasteiger partial charge in [0.15, 0.2) is 0 Å². The van der Waals surface area contributed by atoms with Gasteiger partial charge >= 0.3 is 5.82 Å². The molecule has 1 aliphatic heterocycles. The molecule has 2 aromatic rings. The molecule has 6 nitrogen and oxygen atoms in total. The van der Waals surface area contributed by atoms with Gasteiger partial charge in [0.2, 0.25) is 0 Å². The van der Waals surface area contributed by atoms with Gasteiger partial charge in [0.25, 0.3) is 5.91 Å². The Balaban J connectivity index is 1.67. The van der Waals surface area contributed by atoms with Crippen molar-refractivity contribution < 1.29 is 14.7 Å². The average molecular weight is 364 g/mol. The second kappa shape index (κ2) is 6.31. The molecule has 0 spiro atoms. The van der Waals surface area contributed by atoms with Gasteiger partial charge in [-0.05, 0) is 28.1 Å². The summed E-state index contributed by atoms with van der Waals surface area (Å²) in [6, 6.07) is 7.28. The summed E-state index contributed by atoms with van der Waals surface area (Å²) in [5.41, 5.74) is 0.583. The predicted octanol–water partition coefficient (Wildman–Crippen LogP) is 1.33. The van der Waals surface area contributed by atoms with E-state index in [1.807, 2.05) is 17.0 Å². The van der Waals surface area contributed by atoms with Crippen LogP contribution in [-0.2, 0) is 0 Å². The lowest BCUT2D eigenvalue weighted by Gasteiger charge is -2.31. The summed E-state index contributed by atoms with van der Waals surface area (Å²) >= 11 is 3.33. The molecule has 3 heterocycles. The fourth-order valence-corrected chi connectivity index (χ4v) is 2.89. The number of anilines is 1. The summed E-state index contributed by atoms with van der Waals surface area (Å²) in [6.07, 6.45) is 4.84. The summed E-state index contributed by atoms with van der Waals surface area (Å²) in [4.78, 5) is 20.4. The molecule has 2 aromatic heterocycles. The van der Waals surface area contributed by atoms with E-state index in [-0.39, 0.29) is 5.91 Å². The van der Waals surface area contributed by atoms with Crippen molar-refractivity contribution in [3.63, 3.8) is 0 Å². The lowest BCUT2D eigenvalue weighted by atomic mass is 10.2. The molecule has 1 fully saturated rings. The summed E-state index contributed by atoms with van der Waals surface area (Å²) in [5.74, 6) is 0.720. The van der Waals surface area contributed by atoms with Gasteiger partial charge in [-0.15, -0.1) is 0 Å². The van der Waals surface area contributed by atoms with Crippen LogP contribution in [0, 0.1) is 0 Å². The maximum atomic E-state index is 12.5. The SMILES string of the molecule is O=C(c1cncc(Br)c1)N1CCN(c2cccc[n+]2O)CC1. The first kappa shape index (κ1) is 14.8. The minimum Gasteiger partial charge on any atom is -0.350 e. The number of carbonyl (C=O) groups excluding carboxylic acids is 1. The van der Waals surface area contributed by atoms with Crippen molar-refractivity contribution in [1.82, 2.24) is 9.88 Å². The Hall–Kier alpha value is -2.15. The van der Waals surface area contributed by atoms with Crippen LogP contribution < -0.4 is 9.63 Å². The van der Waals surface area contributed by atoms with Gasteiger partial charge in [0.05, 0.1) is 18.7 Å². The third kappa shape index (κ3) is 3.04. The smallest absolute Gasteiger partial charge is 0.316 e. The number of hydrogen-bond acceptors (Lipinski definition) is 4. The van der Waals surface area contributed by atoms with Gasteiger partial charge in [-0.1, -0.05) is 10.8 Å². The van der Waals surface area contributed by atoms with Crippen molar-refractivity contribution in [1.29, 1.82) is 0 Å². The first-order valence-corrected chi connectivity index (χ1v) is 7.79. The number of nitrogens with zero attached hydrogens (tertiary/aromatic N) is 4. The van der Waals surface area contributed by atoms with Crippen molar-refractivity contribution in [2.75, 3.05) is 31.1 Å². The van der Waals surface area contributed by atoms with Crippen LogP contribution in [0.1, 0.15) is 10.4 Å². The maximum absolute atomic E-state index is 12.5. The van der Waals surface area contributed by atoms with E-state index in [2.05, 4.69) is 25.8 Å². The quantitative estimate of drug-likeness (QED) is 0.645. The largest absolute Gasteiger partial charge is 0.350 e. The molecule has 0 bridgehead atoms. The highest BCUT2D eigenvalue weighted by molar-refractivity contribution is 9.10. The molecule has 114 valence electrons. The lowest BCUT2D eigenvalue weighted by molar-refractivity contribution is -0.894. The molecule has 22 heavy (non-hydrogen) atoms. The van der Waals surface area contributed by atoms with Gasteiger partial charge in [-0.2, -0.15) is 0 Å². The molecule has 7 heteroatoms. The first-order chi connectivity index (χ1) is 10.6. The molecule has 3 rings (SSSR count). The standard InChI is InChI=1S/C15H16BrN4O2/c16-13-9-12(10-17-11-13)15(21)19-7-5-18(6-8-19)14-3-1-2-4-20(14)22/h1-4,9-11,22H,5-8H2/q+1. The zero-order valence-electron chi connectivity index (χ0n) is 11.9. The second-order valence-corrected chi connectivity index (χ2v) is 5.99.